The Morgan fingerprint density at radius 2 is 2.35 bits per heavy atom. The number of thiazole rings is 1. The minimum atomic E-state index is -0.100. The first kappa shape index (κ1) is 16.9. The molecular weight excluding hydrogens is 352 g/mol. The number of aromatic nitrogens is 4. The van der Waals surface area contributed by atoms with Gasteiger partial charge in [0, 0.05) is 61.9 Å². The van der Waals surface area contributed by atoms with Crippen LogP contribution in [-0.2, 0) is 11.3 Å². The molecule has 3 aromatic heterocycles. The third-order valence-electron chi connectivity index (χ3n) is 4.38. The van der Waals surface area contributed by atoms with E-state index in [1.807, 2.05) is 24.5 Å². The molecule has 9 heteroatoms. The van der Waals surface area contributed by atoms with Crippen molar-refractivity contribution in [2.45, 2.75) is 39.0 Å². The summed E-state index contributed by atoms with van der Waals surface area (Å²) in [5, 5.41) is 7.51. The van der Waals surface area contributed by atoms with E-state index in [1.54, 1.807) is 10.7 Å². The number of carbonyl (C=O) groups is 1. The van der Waals surface area contributed by atoms with E-state index in [0.29, 0.717) is 17.1 Å². The fourth-order valence-corrected chi connectivity index (χ4v) is 4.06. The summed E-state index contributed by atoms with van der Waals surface area (Å²) in [5.41, 5.74) is 0.778. The van der Waals surface area contributed by atoms with Gasteiger partial charge in [0.15, 0.2) is 10.8 Å². The fraction of sp³-hybridized carbons (Fsp3) is 0.412. The van der Waals surface area contributed by atoms with Crippen molar-refractivity contribution in [1.82, 2.24) is 24.5 Å². The van der Waals surface area contributed by atoms with Crippen LogP contribution in [0, 0.1) is 0 Å². The second-order valence-electron chi connectivity index (χ2n) is 6.47. The van der Waals surface area contributed by atoms with Crippen LogP contribution in [-0.4, -0.2) is 49.1 Å². The predicted octanol–water partition coefficient (Wildman–Crippen LogP) is 2.19. The Balaban J connectivity index is 1.37. The molecule has 0 aliphatic carbocycles. The molecule has 1 fully saturated rings. The number of likely N-dealkylation sites (tertiary alicyclic amines) is 1. The summed E-state index contributed by atoms with van der Waals surface area (Å²) in [5.74, 6) is 0.527. The van der Waals surface area contributed by atoms with E-state index in [2.05, 4.69) is 32.2 Å². The maximum absolute atomic E-state index is 11.1. The Labute approximate surface area is 154 Å². The van der Waals surface area contributed by atoms with Gasteiger partial charge in [-0.2, -0.15) is 10.1 Å². The van der Waals surface area contributed by atoms with Crippen molar-refractivity contribution in [2.75, 3.05) is 11.9 Å². The fourth-order valence-electron chi connectivity index (χ4n) is 3.17. The lowest BCUT2D eigenvalue weighted by molar-refractivity contribution is -0.114. The quantitative estimate of drug-likeness (QED) is 0.739. The maximum atomic E-state index is 11.1. The van der Waals surface area contributed by atoms with Gasteiger partial charge in [-0.3, -0.25) is 9.69 Å². The SMILES string of the molecule is CC(=O)Nc1ncc(CN2C[C@H](Oc3ccn4nccc4n3)C[C@@H]2C)s1. The van der Waals surface area contributed by atoms with Gasteiger partial charge in [-0.05, 0) is 6.92 Å². The van der Waals surface area contributed by atoms with E-state index in [1.165, 1.54) is 18.3 Å². The molecule has 2 atom stereocenters. The van der Waals surface area contributed by atoms with Crippen molar-refractivity contribution in [1.29, 1.82) is 0 Å². The minimum absolute atomic E-state index is 0.100. The molecule has 1 aliphatic rings. The lowest BCUT2D eigenvalue weighted by Crippen LogP contribution is -2.27. The zero-order valence-electron chi connectivity index (χ0n) is 14.6. The molecule has 1 amide bonds. The Morgan fingerprint density at radius 1 is 1.46 bits per heavy atom. The zero-order valence-corrected chi connectivity index (χ0v) is 15.4. The van der Waals surface area contributed by atoms with Crippen molar-refractivity contribution in [2.24, 2.45) is 0 Å². The Bertz CT molecular complexity index is 923. The number of hydrogen-bond donors (Lipinski definition) is 1. The van der Waals surface area contributed by atoms with E-state index in [-0.39, 0.29) is 12.0 Å². The van der Waals surface area contributed by atoms with Gasteiger partial charge in [-0.15, -0.1) is 11.3 Å². The van der Waals surface area contributed by atoms with Gasteiger partial charge in [-0.25, -0.2) is 9.50 Å². The first-order valence-corrected chi connectivity index (χ1v) is 9.32. The molecule has 0 radical (unpaired) electrons. The van der Waals surface area contributed by atoms with Crippen LogP contribution in [0.2, 0.25) is 0 Å². The summed E-state index contributed by atoms with van der Waals surface area (Å²) in [6, 6.07) is 4.10. The largest absolute Gasteiger partial charge is 0.473 e. The maximum Gasteiger partial charge on any atom is 0.223 e. The van der Waals surface area contributed by atoms with Gasteiger partial charge in [-0.1, -0.05) is 0 Å². The summed E-state index contributed by atoms with van der Waals surface area (Å²) in [6.07, 6.45) is 6.45. The van der Waals surface area contributed by atoms with Crippen LogP contribution in [0.15, 0.2) is 30.7 Å². The van der Waals surface area contributed by atoms with Crippen LogP contribution < -0.4 is 10.1 Å². The number of nitrogens with zero attached hydrogens (tertiary/aromatic N) is 5. The highest BCUT2D eigenvalue weighted by Gasteiger charge is 2.31. The van der Waals surface area contributed by atoms with Crippen LogP contribution in [0.25, 0.3) is 5.65 Å². The van der Waals surface area contributed by atoms with Gasteiger partial charge < -0.3 is 10.1 Å². The van der Waals surface area contributed by atoms with E-state index in [4.69, 9.17) is 4.74 Å². The molecule has 136 valence electrons. The third-order valence-corrected chi connectivity index (χ3v) is 5.28. The standard InChI is InChI=1S/C17H20N6O2S/c1-11-7-13(25-16-4-6-23-15(21-16)3-5-19-23)9-22(11)10-14-8-18-17(26-14)20-12(2)24/h3-6,8,11,13H,7,9-10H2,1-2H3,(H,18,20,24)/t11-,13+/m0/s1. The molecule has 0 aromatic carbocycles. The highest BCUT2D eigenvalue weighted by atomic mass is 32.1. The molecule has 3 aromatic rings. The zero-order chi connectivity index (χ0) is 18.1. The summed E-state index contributed by atoms with van der Waals surface area (Å²) in [7, 11) is 0. The van der Waals surface area contributed by atoms with E-state index in [0.717, 1.165) is 30.0 Å². The van der Waals surface area contributed by atoms with Crippen molar-refractivity contribution in [3.8, 4) is 5.88 Å². The van der Waals surface area contributed by atoms with Crippen LogP contribution in [0.1, 0.15) is 25.1 Å². The number of carbonyl (C=O) groups excluding carboxylic acids is 1. The molecule has 0 saturated carbocycles. The smallest absolute Gasteiger partial charge is 0.223 e. The molecule has 26 heavy (non-hydrogen) atoms. The minimum Gasteiger partial charge on any atom is -0.473 e. The van der Waals surface area contributed by atoms with Gasteiger partial charge in [0.2, 0.25) is 11.8 Å². The molecule has 1 N–H and O–H groups in total. The Morgan fingerprint density at radius 3 is 3.19 bits per heavy atom. The molecule has 1 saturated heterocycles. The number of fused-ring (bicyclic) bond motifs is 1. The number of nitrogens with one attached hydrogen (secondary N) is 1. The second-order valence-corrected chi connectivity index (χ2v) is 7.58. The molecular formula is C17H20N6O2S. The average molecular weight is 372 g/mol. The first-order chi connectivity index (χ1) is 12.6. The van der Waals surface area contributed by atoms with Crippen LogP contribution in [0.5, 0.6) is 5.88 Å². The highest BCUT2D eigenvalue weighted by molar-refractivity contribution is 7.15. The van der Waals surface area contributed by atoms with Crippen molar-refractivity contribution in [3.05, 3.63) is 35.6 Å². The van der Waals surface area contributed by atoms with Crippen LogP contribution in [0.3, 0.4) is 0 Å². The number of amides is 1. The van der Waals surface area contributed by atoms with Crippen LogP contribution >= 0.6 is 11.3 Å². The highest BCUT2D eigenvalue weighted by Crippen LogP contribution is 2.26. The van der Waals surface area contributed by atoms with Crippen molar-refractivity contribution >= 4 is 28.0 Å². The summed E-state index contributed by atoms with van der Waals surface area (Å²) in [4.78, 5) is 23.3. The van der Waals surface area contributed by atoms with Gasteiger partial charge in [0.05, 0.1) is 6.20 Å². The number of hydrogen-bond acceptors (Lipinski definition) is 7. The summed E-state index contributed by atoms with van der Waals surface area (Å²) in [6.45, 7) is 5.32. The van der Waals surface area contributed by atoms with E-state index >= 15 is 0 Å². The van der Waals surface area contributed by atoms with Crippen molar-refractivity contribution in [3.63, 3.8) is 0 Å². The average Bonchev–Trinajstić information content (AvgIpc) is 3.29. The van der Waals surface area contributed by atoms with Crippen LogP contribution in [0.4, 0.5) is 5.13 Å². The predicted molar refractivity (Wildman–Crippen MR) is 98.3 cm³/mol. The lowest BCUT2D eigenvalue weighted by atomic mass is 10.2. The normalized spacial score (nSPS) is 20.5. The van der Waals surface area contributed by atoms with E-state index in [9.17, 15) is 4.79 Å². The summed E-state index contributed by atoms with van der Waals surface area (Å²) < 4.78 is 7.80. The topological polar surface area (TPSA) is 84.7 Å². The molecule has 0 unspecified atom stereocenters. The summed E-state index contributed by atoms with van der Waals surface area (Å²) >= 11 is 1.51. The lowest BCUT2D eigenvalue weighted by Gasteiger charge is -2.19. The number of rotatable bonds is 5. The molecule has 4 heterocycles. The molecule has 8 nitrogen and oxygen atoms in total. The van der Waals surface area contributed by atoms with Gasteiger partial charge in [0.1, 0.15) is 6.10 Å². The first-order valence-electron chi connectivity index (χ1n) is 8.50. The monoisotopic (exact) mass is 372 g/mol. The molecule has 0 bridgehead atoms. The van der Waals surface area contributed by atoms with Gasteiger partial charge >= 0.3 is 0 Å². The Hall–Kier alpha value is -2.52. The second kappa shape index (κ2) is 7.00. The number of ether oxygens (including phenoxy) is 1. The van der Waals surface area contributed by atoms with Crippen molar-refractivity contribution < 1.29 is 9.53 Å². The third kappa shape index (κ3) is 3.68. The molecule has 4 rings (SSSR count). The molecule has 0 spiro atoms. The number of anilines is 1. The Kier molecular flexibility index (Phi) is 4.56. The van der Waals surface area contributed by atoms with E-state index < -0.39 is 0 Å². The van der Waals surface area contributed by atoms with Gasteiger partial charge in [0.25, 0.3) is 0 Å². The molecule has 1 aliphatic heterocycles.